The Morgan fingerprint density at radius 1 is 0.931 bits per heavy atom. The lowest BCUT2D eigenvalue weighted by molar-refractivity contribution is -0.149. The summed E-state index contributed by atoms with van der Waals surface area (Å²) in [6.45, 7) is 6.60. The number of hydrogen-bond donors (Lipinski definition) is 4. The molecule has 10 nitrogen and oxygen atoms in total. The molecule has 6 N–H and O–H groups in total. The van der Waals surface area contributed by atoms with Gasteiger partial charge < -0.3 is 31.6 Å². The maximum absolute atomic E-state index is 12.2. The standard InChI is InChI=1S/C17H32N4O6S2/c1-9(2)12(15(24)26-5)20-13(22)10(18)7-28-29-8-11(19)14(23)21-17(3,4)16(25)27-6/h9-12H,7-8,18-19H2,1-6H3,(H,20,22)(H,21,23)/t10-,11-,12-/m0/s1. The summed E-state index contributed by atoms with van der Waals surface area (Å²) in [5.74, 6) is -1.72. The first-order valence-electron chi connectivity index (χ1n) is 8.91. The van der Waals surface area contributed by atoms with Crippen LogP contribution in [0.4, 0.5) is 0 Å². The molecule has 29 heavy (non-hydrogen) atoms. The minimum atomic E-state index is -1.19. The van der Waals surface area contributed by atoms with Gasteiger partial charge in [-0.2, -0.15) is 0 Å². The normalized spacial score (nSPS) is 14.5. The number of methoxy groups -OCH3 is 2. The van der Waals surface area contributed by atoms with E-state index >= 15 is 0 Å². The molecule has 0 aliphatic rings. The van der Waals surface area contributed by atoms with Crippen molar-refractivity contribution in [1.29, 1.82) is 0 Å². The number of esters is 2. The highest BCUT2D eigenvalue weighted by Gasteiger charge is 2.32. The van der Waals surface area contributed by atoms with Gasteiger partial charge in [-0.15, -0.1) is 0 Å². The molecule has 0 unspecified atom stereocenters. The first-order valence-corrected chi connectivity index (χ1v) is 11.4. The molecule has 0 saturated carbocycles. The highest BCUT2D eigenvalue weighted by molar-refractivity contribution is 8.76. The number of nitrogens with one attached hydrogen (secondary N) is 2. The second-order valence-electron chi connectivity index (χ2n) is 7.14. The Hall–Kier alpha value is -1.50. The Kier molecular flexibility index (Phi) is 12.3. The van der Waals surface area contributed by atoms with E-state index in [0.717, 1.165) is 0 Å². The molecule has 0 aromatic heterocycles. The van der Waals surface area contributed by atoms with E-state index in [4.69, 9.17) is 11.5 Å². The first-order chi connectivity index (χ1) is 13.4. The average molecular weight is 453 g/mol. The zero-order valence-electron chi connectivity index (χ0n) is 17.6. The number of ether oxygens (including phenoxy) is 2. The number of carbonyl (C=O) groups is 4. The fourth-order valence-electron chi connectivity index (χ4n) is 1.99. The van der Waals surface area contributed by atoms with Gasteiger partial charge in [0.2, 0.25) is 11.8 Å². The van der Waals surface area contributed by atoms with E-state index in [2.05, 4.69) is 20.1 Å². The third-order valence-electron chi connectivity index (χ3n) is 3.80. The molecule has 0 spiro atoms. The van der Waals surface area contributed by atoms with Crippen molar-refractivity contribution in [1.82, 2.24) is 10.6 Å². The molecule has 0 bridgehead atoms. The summed E-state index contributed by atoms with van der Waals surface area (Å²) >= 11 is 0. The minimum Gasteiger partial charge on any atom is -0.467 e. The Balaban J connectivity index is 4.38. The first kappa shape index (κ1) is 27.5. The number of hydrogen-bond acceptors (Lipinski definition) is 10. The molecule has 0 rings (SSSR count). The van der Waals surface area contributed by atoms with E-state index in [9.17, 15) is 19.2 Å². The fourth-order valence-corrected chi connectivity index (χ4v) is 4.23. The fraction of sp³-hybridized carbons (Fsp3) is 0.765. The lowest BCUT2D eigenvalue weighted by Gasteiger charge is -2.24. The highest BCUT2D eigenvalue weighted by Crippen LogP contribution is 2.22. The van der Waals surface area contributed by atoms with Gasteiger partial charge >= 0.3 is 11.9 Å². The van der Waals surface area contributed by atoms with Crippen LogP contribution in [-0.2, 0) is 28.7 Å². The molecule has 12 heteroatoms. The van der Waals surface area contributed by atoms with Crippen molar-refractivity contribution in [3.05, 3.63) is 0 Å². The SMILES string of the molecule is COC(=O)[C@@H](NC(=O)[C@@H](N)CSSC[C@H](N)C(=O)NC(C)(C)C(=O)OC)C(C)C. The summed E-state index contributed by atoms with van der Waals surface area (Å²) < 4.78 is 9.30. The van der Waals surface area contributed by atoms with Crippen LogP contribution >= 0.6 is 21.6 Å². The van der Waals surface area contributed by atoms with Gasteiger partial charge in [0.15, 0.2) is 0 Å². The van der Waals surface area contributed by atoms with Gasteiger partial charge in [-0.25, -0.2) is 9.59 Å². The van der Waals surface area contributed by atoms with Crippen LogP contribution in [-0.4, -0.2) is 73.1 Å². The second-order valence-corrected chi connectivity index (χ2v) is 9.69. The van der Waals surface area contributed by atoms with Gasteiger partial charge in [-0.3, -0.25) is 9.59 Å². The Bertz CT molecular complexity index is 588. The lowest BCUT2D eigenvalue weighted by Crippen LogP contribution is -2.55. The number of carbonyl (C=O) groups excluding carboxylic acids is 4. The van der Waals surface area contributed by atoms with E-state index in [-0.39, 0.29) is 17.4 Å². The van der Waals surface area contributed by atoms with Gasteiger partial charge in [0, 0.05) is 11.5 Å². The molecule has 0 radical (unpaired) electrons. The van der Waals surface area contributed by atoms with Gasteiger partial charge in [-0.05, 0) is 19.8 Å². The summed E-state index contributed by atoms with van der Waals surface area (Å²) in [5.41, 5.74) is 10.5. The van der Waals surface area contributed by atoms with Crippen LogP contribution in [0.25, 0.3) is 0 Å². The predicted molar refractivity (Wildman–Crippen MR) is 114 cm³/mol. The summed E-state index contributed by atoms with van der Waals surface area (Å²) in [5, 5.41) is 5.11. The van der Waals surface area contributed by atoms with E-state index in [0.29, 0.717) is 0 Å². The van der Waals surface area contributed by atoms with Crippen molar-refractivity contribution in [2.45, 2.75) is 51.4 Å². The number of nitrogens with two attached hydrogens (primary N) is 2. The van der Waals surface area contributed by atoms with Crippen LogP contribution in [0.3, 0.4) is 0 Å². The molecule has 0 aliphatic carbocycles. The van der Waals surface area contributed by atoms with Crippen LogP contribution in [0.2, 0.25) is 0 Å². The van der Waals surface area contributed by atoms with E-state index < -0.39 is 47.4 Å². The van der Waals surface area contributed by atoms with Crippen LogP contribution in [0.5, 0.6) is 0 Å². The summed E-state index contributed by atoms with van der Waals surface area (Å²) in [6, 6.07) is -2.47. The summed E-state index contributed by atoms with van der Waals surface area (Å²) in [6.07, 6.45) is 0. The molecule has 0 aromatic rings. The maximum atomic E-state index is 12.2. The van der Waals surface area contributed by atoms with Gasteiger partial charge in [0.1, 0.15) is 11.6 Å². The Labute approximate surface area is 179 Å². The molecule has 2 amide bonds. The highest BCUT2D eigenvalue weighted by atomic mass is 33.1. The van der Waals surface area contributed by atoms with Crippen molar-refractivity contribution < 1.29 is 28.7 Å². The van der Waals surface area contributed by atoms with Crippen molar-refractivity contribution in [3.63, 3.8) is 0 Å². The topological polar surface area (TPSA) is 163 Å². The minimum absolute atomic E-state index is 0.147. The predicted octanol–water partition coefficient (Wildman–Crippen LogP) is -0.596. The molecule has 0 fully saturated rings. The second kappa shape index (κ2) is 12.9. The molecule has 168 valence electrons. The average Bonchev–Trinajstić information content (AvgIpc) is 2.66. The van der Waals surface area contributed by atoms with Crippen molar-refractivity contribution in [2.75, 3.05) is 25.7 Å². The van der Waals surface area contributed by atoms with Crippen molar-refractivity contribution >= 4 is 45.3 Å². The maximum Gasteiger partial charge on any atom is 0.330 e. The smallest absolute Gasteiger partial charge is 0.330 e. The van der Waals surface area contributed by atoms with Crippen molar-refractivity contribution in [2.24, 2.45) is 17.4 Å². The van der Waals surface area contributed by atoms with E-state index in [1.807, 2.05) is 0 Å². The summed E-state index contributed by atoms with van der Waals surface area (Å²) in [4.78, 5) is 47.6. The molecule has 3 atom stereocenters. The number of rotatable bonds is 12. The largest absolute Gasteiger partial charge is 0.467 e. The van der Waals surface area contributed by atoms with Gasteiger partial charge in [0.05, 0.1) is 26.3 Å². The quantitative estimate of drug-likeness (QED) is 0.171. The van der Waals surface area contributed by atoms with E-state index in [1.165, 1.54) is 49.7 Å². The third-order valence-corrected chi connectivity index (χ3v) is 6.28. The molecular formula is C17H32N4O6S2. The van der Waals surface area contributed by atoms with Crippen LogP contribution in [0.1, 0.15) is 27.7 Å². The Morgan fingerprint density at radius 3 is 1.83 bits per heavy atom. The van der Waals surface area contributed by atoms with E-state index in [1.54, 1.807) is 13.8 Å². The zero-order valence-corrected chi connectivity index (χ0v) is 19.3. The van der Waals surface area contributed by atoms with Gasteiger partial charge in [0.25, 0.3) is 0 Å². The monoisotopic (exact) mass is 452 g/mol. The lowest BCUT2D eigenvalue weighted by atomic mass is 10.0. The molecule has 0 aliphatic heterocycles. The molecule has 0 saturated heterocycles. The van der Waals surface area contributed by atoms with Crippen LogP contribution < -0.4 is 22.1 Å². The Morgan fingerprint density at radius 2 is 1.41 bits per heavy atom. The third kappa shape index (κ3) is 9.70. The number of amides is 2. The van der Waals surface area contributed by atoms with Gasteiger partial charge in [-0.1, -0.05) is 35.4 Å². The summed E-state index contributed by atoms with van der Waals surface area (Å²) in [7, 11) is 5.04. The molecule has 0 aromatic carbocycles. The van der Waals surface area contributed by atoms with Crippen LogP contribution in [0, 0.1) is 5.92 Å². The van der Waals surface area contributed by atoms with Crippen LogP contribution in [0.15, 0.2) is 0 Å². The molecule has 0 heterocycles. The zero-order chi connectivity index (χ0) is 22.8. The van der Waals surface area contributed by atoms with Crippen molar-refractivity contribution in [3.8, 4) is 0 Å². The molecular weight excluding hydrogens is 420 g/mol.